The highest BCUT2D eigenvalue weighted by Crippen LogP contribution is 2.14. The molecule has 1 heterocycles. The third-order valence-electron chi connectivity index (χ3n) is 3.83. The van der Waals surface area contributed by atoms with Crippen LogP contribution in [0.2, 0.25) is 0 Å². The molecule has 1 aromatic rings. The van der Waals surface area contributed by atoms with E-state index < -0.39 is 0 Å². The molecule has 1 saturated heterocycles. The van der Waals surface area contributed by atoms with E-state index in [0.29, 0.717) is 26.1 Å². The van der Waals surface area contributed by atoms with Crippen molar-refractivity contribution in [1.82, 2.24) is 9.80 Å². The minimum Gasteiger partial charge on any atom is -0.494 e. The summed E-state index contributed by atoms with van der Waals surface area (Å²) in [4.78, 5) is 36.1. The molecule has 2 rings (SSSR count). The minimum atomic E-state index is -0.371. The van der Waals surface area contributed by atoms with Gasteiger partial charge in [0, 0.05) is 13.1 Å². The number of benzene rings is 1. The second-order valence-corrected chi connectivity index (χ2v) is 5.64. The van der Waals surface area contributed by atoms with Gasteiger partial charge in [-0.15, -0.1) is 0 Å². The molecule has 1 aliphatic heterocycles. The summed E-state index contributed by atoms with van der Waals surface area (Å²) < 4.78 is 5.62. The number of carbonyl (C=O) groups excluding carboxylic acids is 2. The number of hydrogen-bond donors (Lipinski definition) is 1. The first-order valence-corrected chi connectivity index (χ1v) is 8.39. The molecule has 1 fully saturated rings. The van der Waals surface area contributed by atoms with E-state index in [9.17, 15) is 9.59 Å². The summed E-state index contributed by atoms with van der Waals surface area (Å²) in [7, 11) is 0. The molecule has 1 N–H and O–H groups in total. The molecule has 0 aromatic heterocycles. The van der Waals surface area contributed by atoms with Crippen LogP contribution in [0.5, 0.6) is 5.75 Å². The first-order chi connectivity index (χ1) is 12.0. The van der Waals surface area contributed by atoms with E-state index in [0.717, 1.165) is 12.2 Å². The number of carboxylic acid groups (broad SMARTS) is 1. The van der Waals surface area contributed by atoms with E-state index in [1.165, 1.54) is 0 Å². The summed E-state index contributed by atoms with van der Waals surface area (Å²) in [5.41, 5.74) is 0. The largest absolute Gasteiger partial charge is 0.494 e. The first kappa shape index (κ1) is 20.5. The van der Waals surface area contributed by atoms with Crippen molar-refractivity contribution < 1.29 is 24.2 Å². The van der Waals surface area contributed by atoms with E-state index in [1.54, 1.807) is 16.7 Å². The Morgan fingerprint density at radius 1 is 1.24 bits per heavy atom. The molecule has 1 aliphatic rings. The normalized spacial score (nSPS) is 17.0. The quantitative estimate of drug-likeness (QED) is 0.596. The Kier molecular flexibility index (Phi) is 9.06. The van der Waals surface area contributed by atoms with Crippen molar-refractivity contribution in [2.75, 3.05) is 26.2 Å². The van der Waals surface area contributed by atoms with Crippen molar-refractivity contribution in [3.8, 4) is 5.75 Å². The number of carbonyl (C=O) groups is 3. The monoisotopic (exact) mass is 350 g/mol. The molecule has 0 spiro atoms. The number of rotatable bonds is 7. The fourth-order valence-corrected chi connectivity index (χ4v) is 2.66. The topological polar surface area (TPSA) is 87.2 Å². The van der Waals surface area contributed by atoms with Crippen LogP contribution in [-0.2, 0) is 14.4 Å². The molecule has 25 heavy (non-hydrogen) atoms. The van der Waals surface area contributed by atoms with Gasteiger partial charge in [-0.1, -0.05) is 25.1 Å². The zero-order valence-electron chi connectivity index (χ0n) is 14.8. The van der Waals surface area contributed by atoms with Gasteiger partial charge in [0.05, 0.1) is 13.2 Å². The molecule has 2 amide bonds. The van der Waals surface area contributed by atoms with Crippen LogP contribution in [0.25, 0.3) is 0 Å². The summed E-state index contributed by atoms with van der Waals surface area (Å²) in [6.07, 6.45) is 1.59. The Hall–Kier alpha value is -2.57. The molecule has 7 heteroatoms. The maximum absolute atomic E-state index is 12.2. The Morgan fingerprint density at radius 3 is 2.48 bits per heavy atom. The molecule has 1 atom stereocenters. The van der Waals surface area contributed by atoms with E-state index in [2.05, 4.69) is 0 Å². The smallest absolute Gasteiger partial charge is 0.290 e. The predicted octanol–water partition coefficient (Wildman–Crippen LogP) is 1.63. The van der Waals surface area contributed by atoms with Gasteiger partial charge in [0.1, 0.15) is 11.8 Å². The molecule has 7 nitrogen and oxygen atoms in total. The third kappa shape index (κ3) is 6.45. The fraction of sp³-hybridized carbons (Fsp3) is 0.500. The molecule has 0 bridgehead atoms. The number of amides is 2. The molecular weight excluding hydrogens is 324 g/mol. The van der Waals surface area contributed by atoms with Crippen molar-refractivity contribution in [1.29, 1.82) is 0 Å². The summed E-state index contributed by atoms with van der Waals surface area (Å²) in [6.45, 7) is 5.51. The van der Waals surface area contributed by atoms with E-state index in [4.69, 9.17) is 14.6 Å². The molecular formula is C18H26N2O5. The van der Waals surface area contributed by atoms with Crippen LogP contribution in [0, 0.1) is 0 Å². The van der Waals surface area contributed by atoms with Crippen molar-refractivity contribution in [2.45, 2.75) is 32.7 Å². The van der Waals surface area contributed by atoms with Crippen LogP contribution in [0.3, 0.4) is 0 Å². The van der Waals surface area contributed by atoms with Crippen molar-refractivity contribution in [2.24, 2.45) is 0 Å². The van der Waals surface area contributed by atoms with Crippen molar-refractivity contribution >= 4 is 18.3 Å². The van der Waals surface area contributed by atoms with Crippen LogP contribution >= 0.6 is 0 Å². The average Bonchev–Trinajstić information content (AvgIpc) is 2.60. The highest BCUT2D eigenvalue weighted by molar-refractivity contribution is 5.94. The lowest BCUT2D eigenvalue weighted by Crippen LogP contribution is -2.59. The molecule has 0 aliphatic carbocycles. The van der Waals surface area contributed by atoms with E-state index in [1.807, 2.05) is 37.3 Å². The number of hydrogen-bond acceptors (Lipinski definition) is 4. The van der Waals surface area contributed by atoms with Crippen LogP contribution < -0.4 is 4.74 Å². The lowest BCUT2D eigenvalue weighted by atomic mass is 10.1. The second kappa shape index (κ2) is 11.1. The number of piperazine rings is 1. The average molecular weight is 350 g/mol. The SMILES string of the molecule is CCCN1CC(=O)N(CCCOc2ccccc2)[C@@H](C)C1=O.O=CO. The number of ether oxygens (including phenoxy) is 1. The summed E-state index contributed by atoms with van der Waals surface area (Å²) >= 11 is 0. The highest BCUT2D eigenvalue weighted by Gasteiger charge is 2.35. The van der Waals surface area contributed by atoms with Crippen LogP contribution in [0.15, 0.2) is 30.3 Å². The fourth-order valence-electron chi connectivity index (χ4n) is 2.66. The number of para-hydroxylation sites is 1. The summed E-state index contributed by atoms with van der Waals surface area (Å²) in [5.74, 6) is 0.899. The zero-order chi connectivity index (χ0) is 18.7. The van der Waals surface area contributed by atoms with Gasteiger partial charge in [0.15, 0.2) is 0 Å². The molecule has 0 radical (unpaired) electrons. The maximum atomic E-state index is 12.2. The maximum Gasteiger partial charge on any atom is 0.290 e. The van der Waals surface area contributed by atoms with Crippen LogP contribution in [0.1, 0.15) is 26.7 Å². The van der Waals surface area contributed by atoms with Crippen molar-refractivity contribution in [3.63, 3.8) is 0 Å². The Morgan fingerprint density at radius 2 is 1.88 bits per heavy atom. The molecule has 138 valence electrons. The van der Waals surface area contributed by atoms with E-state index in [-0.39, 0.29) is 30.9 Å². The number of nitrogens with zero attached hydrogens (tertiary/aromatic N) is 2. The van der Waals surface area contributed by atoms with Gasteiger partial charge in [0.2, 0.25) is 11.8 Å². The van der Waals surface area contributed by atoms with Gasteiger partial charge in [0.25, 0.3) is 6.47 Å². The molecule has 0 unspecified atom stereocenters. The van der Waals surface area contributed by atoms with Crippen LogP contribution in [-0.4, -0.2) is 65.5 Å². The predicted molar refractivity (Wildman–Crippen MR) is 93.3 cm³/mol. The minimum absolute atomic E-state index is 0.0280. The van der Waals surface area contributed by atoms with Gasteiger partial charge in [-0.25, -0.2) is 0 Å². The van der Waals surface area contributed by atoms with E-state index >= 15 is 0 Å². The van der Waals surface area contributed by atoms with Crippen LogP contribution in [0.4, 0.5) is 0 Å². The lowest BCUT2D eigenvalue weighted by Gasteiger charge is -2.38. The van der Waals surface area contributed by atoms with Gasteiger partial charge in [-0.05, 0) is 31.9 Å². The standard InChI is InChI=1S/C17H24N2O3.CH2O2/c1-3-10-18-13-16(20)19(14(2)17(18)21)11-7-12-22-15-8-5-4-6-9-15;2-1-3/h4-6,8-9,14H,3,7,10-13H2,1-2H3;1H,(H,2,3)/t14-;/m0./s1. The Labute approximate surface area is 148 Å². The van der Waals surface area contributed by atoms with Gasteiger partial charge in [-0.3, -0.25) is 14.4 Å². The first-order valence-electron chi connectivity index (χ1n) is 8.39. The second-order valence-electron chi connectivity index (χ2n) is 5.64. The van der Waals surface area contributed by atoms with Gasteiger partial charge in [-0.2, -0.15) is 0 Å². The molecule has 0 saturated carbocycles. The lowest BCUT2D eigenvalue weighted by molar-refractivity contribution is -0.155. The Bertz CT molecular complexity index is 550. The van der Waals surface area contributed by atoms with Gasteiger partial charge < -0.3 is 19.6 Å². The molecule has 1 aromatic carbocycles. The van der Waals surface area contributed by atoms with Crippen molar-refractivity contribution in [3.05, 3.63) is 30.3 Å². The third-order valence-corrected chi connectivity index (χ3v) is 3.83. The summed E-state index contributed by atoms with van der Waals surface area (Å²) in [5, 5.41) is 6.89. The zero-order valence-corrected chi connectivity index (χ0v) is 14.8. The summed E-state index contributed by atoms with van der Waals surface area (Å²) in [6, 6.07) is 9.22. The van der Waals surface area contributed by atoms with Gasteiger partial charge >= 0.3 is 0 Å². The Balaban J connectivity index is 0.000000970. The highest BCUT2D eigenvalue weighted by atomic mass is 16.5.